The molecular weight excluding hydrogens is 290 g/mol. The molecule has 0 aromatic heterocycles. The summed E-state index contributed by atoms with van der Waals surface area (Å²) >= 11 is 0. The van der Waals surface area contributed by atoms with Gasteiger partial charge in [0.25, 0.3) is 0 Å². The number of hydrogen-bond donors (Lipinski definition) is 3. The second kappa shape index (κ2) is 7.66. The van der Waals surface area contributed by atoms with Crippen molar-refractivity contribution in [2.45, 2.75) is 13.0 Å². The summed E-state index contributed by atoms with van der Waals surface area (Å²) < 4.78 is 0. The zero-order valence-electron chi connectivity index (χ0n) is 12.7. The third kappa shape index (κ3) is 4.90. The van der Waals surface area contributed by atoms with Crippen molar-refractivity contribution in [3.05, 3.63) is 60.2 Å². The Morgan fingerprint density at radius 2 is 1.70 bits per heavy atom. The van der Waals surface area contributed by atoms with E-state index >= 15 is 0 Å². The Morgan fingerprint density at radius 3 is 2.39 bits per heavy atom. The monoisotopic (exact) mass is 307 g/mol. The maximum absolute atomic E-state index is 12.1. The molecule has 0 fully saturated rings. The third-order valence-corrected chi connectivity index (χ3v) is 3.07. The van der Waals surface area contributed by atoms with E-state index in [0.29, 0.717) is 16.9 Å². The molecule has 23 heavy (non-hydrogen) atoms. The van der Waals surface area contributed by atoms with E-state index < -0.39 is 12.1 Å². The Balaban J connectivity index is 1.89. The Labute approximate surface area is 135 Å². The van der Waals surface area contributed by atoms with Crippen LogP contribution in [-0.2, 0) is 4.79 Å². The van der Waals surface area contributed by atoms with Crippen LogP contribution in [0.15, 0.2) is 54.6 Å². The van der Waals surface area contributed by atoms with Gasteiger partial charge in [-0.3, -0.25) is 4.79 Å². The Hall–Kier alpha value is -3.26. The normalized spacial score (nSPS) is 11.0. The number of carbonyl (C=O) groups excluding carboxylic acids is 2. The van der Waals surface area contributed by atoms with Gasteiger partial charge in [0.1, 0.15) is 6.04 Å². The van der Waals surface area contributed by atoms with Gasteiger partial charge >= 0.3 is 6.03 Å². The number of hydrogen-bond acceptors (Lipinski definition) is 2. The van der Waals surface area contributed by atoms with E-state index in [1.54, 1.807) is 43.3 Å². The number of benzene rings is 2. The van der Waals surface area contributed by atoms with Crippen molar-refractivity contribution < 1.29 is 9.59 Å². The highest BCUT2D eigenvalue weighted by molar-refractivity contribution is 5.99. The average Bonchev–Trinajstić information content (AvgIpc) is 2.55. The van der Waals surface area contributed by atoms with Crippen LogP contribution < -0.4 is 16.0 Å². The summed E-state index contributed by atoms with van der Waals surface area (Å²) in [5, 5.41) is 7.94. The summed E-state index contributed by atoms with van der Waals surface area (Å²) in [4.78, 5) is 23.9. The lowest BCUT2D eigenvalue weighted by Gasteiger charge is -2.15. The van der Waals surface area contributed by atoms with Crippen LogP contribution in [0.4, 0.5) is 16.2 Å². The summed E-state index contributed by atoms with van der Waals surface area (Å²) in [6.45, 7) is 1.60. The number of urea groups is 1. The number of amides is 3. The van der Waals surface area contributed by atoms with Gasteiger partial charge in [-0.1, -0.05) is 30.2 Å². The first-order valence-corrected chi connectivity index (χ1v) is 7.08. The van der Waals surface area contributed by atoms with Crippen molar-refractivity contribution >= 4 is 23.3 Å². The van der Waals surface area contributed by atoms with Gasteiger partial charge < -0.3 is 16.0 Å². The van der Waals surface area contributed by atoms with E-state index in [1.807, 2.05) is 18.2 Å². The minimum atomic E-state index is -0.701. The lowest BCUT2D eigenvalue weighted by Crippen LogP contribution is -2.43. The van der Waals surface area contributed by atoms with E-state index in [9.17, 15) is 9.59 Å². The predicted molar refractivity (Wildman–Crippen MR) is 91.1 cm³/mol. The molecule has 3 amide bonds. The maximum atomic E-state index is 12.1. The van der Waals surface area contributed by atoms with Crippen LogP contribution in [0.3, 0.4) is 0 Å². The molecule has 0 saturated carbocycles. The van der Waals surface area contributed by atoms with Crippen molar-refractivity contribution in [1.82, 2.24) is 5.32 Å². The molecule has 0 bridgehead atoms. The van der Waals surface area contributed by atoms with Gasteiger partial charge in [-0.2, -0.15) is 0 Å². The molecule has 2 aromatic carbocycles. The summed E-state index contributed by atoms with van der Waals surface area (Å²) in [5.74, 6) is 2.17. The predicted octanol–water partition coefficient (Wildman–Crippen LogP) is 2.82. The number of carbonyl (C=O) groups is 2. The zero-order valence-corrected chi connectivity index (χ0v) is 12.7. The van der Waals surface area contributed by atoms with Crippen LogP contribution in [0.5, 0.6) is 0 Å². The van der Waals surface area contributed by atoms with Crippen molar-refractivity contribution in [2.75, 3.05) is 10.6 Å². The van der Waals surface area contributed by atoms with Gasteiger partial charge in [0.05, 0.1) is 0 Å². The van der Waals surface area contributed by atoms with Gasteiger partial charge in [0, 0.05) is 16.9 Å². The van der Waals surface area contributed by atoms with Gasteiger partial charge in [0.15, 0.2) is 0 Å². The van der Waals surface area contributed by atoms with Crippen molar-refractivity contribution in [3.8, 4) is 12.3 Å². The number of nitrogens with one attached hydrogen (secondary N) is 3. The van der Waals surface area contributed by atoms with E-state index in [-0.39, 0.29) is 5.91 Å². The maximum Gasteiger partial charge on any atom is 0.319 e. The molecule has 0 spiro atoms. The average molecular weight is 307 g/mol. The first kappa shape index (κ1) is 16.1. The van der Waals surface area contributed by atoms with Crippen LogP contribution in [0.25, 0.3) is 0 Å². The molecule has 3 N–H and O–H groups in total. The SMILES string of the molecule is C#Cc1cccc(NC(=O)C(C)NC(=O)Nc2ccccc2)c1. The Kier molecular flexibility index (Phi) is 5.37. The number of para-hydroxylation sites is 1. The van der Waals surface area contributed by atoms with Gasteiger partial charge in [-0.15, -0.1) is 6.42 Å². The molecule has 2 rings (SSSR count). The second-order valence-electron chi connectivity index (χ2n) is 4.90. The number of anilines is 2. The lowest BCUT2D eigenvalue weighted by molar-refractivity contribution is -0.117. The quantitative estimate of drug-likeness (QED) is 0.760. The molecule has 0 saturated heterocycles. The first-order valence-electron chi connectivity index (χ1n) is 7.08. The van der Waals surface area contributed by atoms with Gasteiger partial charge in [-0.05, 0) is 37.3 Å². The minimum absolute atomic E-state index is 0.331. The smallest absolute Gasteiger partial charge is 0.319 e. The van der Waals surface area contributed by atoms with Crippen molar-refractivity contribution in [2.24, 2.45) is 0 Å². The van der Waals surface area contributed by atoms with Crippen LogP contribution >= 0.6 is 0 Å². The molecule has 116 valence electrons. The highest BCUT2D eigenvalue weighted by atomic mass is 16.2. The number of rotatable bonds is 4. The Morgan fingerprint density at radius 1 is 1.00 bits per heavy atom. The summed E-state index contributed by atoms with van der Waals surface area (Å²) in [6, 6.07) is 14.8. The van der Waals surface area contributed by atoms with Crippen molar-refractivity contribution in [1.29, 1.82) is 0 Å². The molecule has 0 aliphatic carbocycles. The third-order valence-electron chi connectivity index (χ3n) is 3.07. The van der Waals surface area contributed by atoms with Crippen LogP contribution in [0, 0.1) is 12.3 Å². The standard InChI is InChI=1S/C18H17N3O2/c1-3-14-8-7-11-16(12-14)20-17(22)13(2)19-18(23)21-15-9-5-4-6-10-15/h1,4-13H,2H3,(H,20,22)(H2,19,21,23). The Bertz CT molecular complexity index is 735. The van der Waals surface area contributed by atoms with Gasteiger partial charge in [0.2, 0.25) is 5.91 Å². The molecule has 5 nitrogen and oxygen atoms in total. The molecule has 0 aliphatic rings. The van der Waals surface area contributed by atoms with Crippen LogP contribution in [0.2, 0.25) is 0 Å². The second-order valence-corrected chi connectivity index (χ2v) is 4.90. The molecule has 2 aromatic rings. The largest absolute Gasteiger partial charge is 0.326 e. The highest BCUT2D eigenvalue weighted by Gasteiger charge is 2.15. The minimum Gasteiger partial charge on any atom is -0.326 e. The summed E-state index contributed by atoms with van der Waals surface area (Å²) in [5.41, 5.74) is 1.91. The molecule has 0 aliphatic heterocycles. The topological polar surface area (TPSA) is 70.2 Å². The number of terminal acetylenes is 1. The fourth-order valence-electron chi connectivity index (χ4n) is 1.89. The zero-order chi connectivity index (χ0) is 16.7. The molecular formula is C18H17N3O2. The molecule has 0 heterocycles. The summed E-state index contributed by atoms with van der Waals surface area (Å²) in [7, 11) is 0. The molecule has 1 unspecified atom stereocenters. The van der Waals surface area contributed by atoms with Crippen LogP contribution in [0.1, 0.15) is 12.5 Å². The van der Waals surface area contributed by atoms with E-state index in [4.69, 9.17) is 6.42 Å². The molecule has 0 radical (unpaired) electrons. The van der Waals surface area contributed by atoms with E-state index in [1.165, 1.54) is 0 Å². The van der Waals surface area contributed by atoms with E-state index in [2.05, 4.69) is 21.9 Å². The first-order chi connectivity index (χ1) is 11.1. The fourth-order valence-corrected chi connectivity index (χ4v) is 1.89. The lowest BCUT2D eigenvalue weighted by atomic mass is 10.2. The fraction of sp³-hybridized carbons (Fsp3) is 0.111. The highest BCUT2D eigenvalue weighted by Crippen LogP contribution is 2.10. The van der Waals surface area contributed by atoms with Crippen molar-refractivity contribution in [3.63, 3.8) is 0 Å². The van der Waals surface area contributed by atoms with Gasteiger partial charge in [-0.25, -0.2) is 4.79 Å². The van der Waals surface area contributed by atoms with Crippen LogP contribution in [-0.4, -0.2) is 18.0 Å². The summed E-state index contributed by atoms with van der Waals surface area (Å²) in [6.07, 6.45) is 5.32. The molecule has 5 heteroatoms. The van der Waals surface area contributed by atoms with E-state index in [0.717, 1.165) is 0 Å². The molecule has 1 atom stereocenters.